The highest BCUT2D eigenvalue weighted by Crippen LogP contribution is 2.40. The summed E-state index contributed by atoms with van der Waals surface area (Å²) in [7, 11) is 0. The van der Waals surface area contributed by atoms with E-state index >= 15 is 0 Å². The Morgan fingerprint density at radius 3 is 2.32 bits per heavy atom. The monoisotopic (exact) mass is 453 g/mol. The molecule has 1 amide bonds. The van der Waals surface area contributed by atoms with E-state index in [0.29, 0.717) is 24.8 Å². The highest BCUT2D eigenvalue weighted by atomic mass is 16.5. The summed E-state index contributed by atoms with van der Waals surface area (Å²) in [6.07, 6.45) is 0.358. The van der Waals surface area contributed by atoms with E-state index in [1.807, 2.05) is 51.1 Å². The zero-order chi connectivity index (χ0) is 23.8. The molecule has 0 radical (unpaired) electrons. The molecule has 0 unspecified atom stereocenters. The second kappa shape index (κ2) is 8.74. The normalized spacial score (nSPS) is 15.1. The fourth-order valence-corrected chi connectivity index (χ4v) is 4.43. The lowest BCUT2D eigenvalue weighted by atomic mass is 9.86. The average molecular weight is 454 g/mol. The number of aromatic nitrogens is 4. The third kappa shape index (κ3) is 4.29. The third-order valence-corrected chi connectivity index (χ3v) is 6.07. The Balaban J connectivity index is 1.42. The summed E-state index contributed by atoms with van der Waals surface area (Å²) in [6, 6.07) is 18.2. The molecule has 2 aromatic heterocycles. The van der Waals surface area contributed by atoms with Gasteiger partial charge in [0.25, 0.3) is 5.95 Å². The lowest BCUT2D eigenvalue weighted by Gasteiger charge is -2.24. The fourth-order valence-electron chi connectivity index (χ4n) is 4.43. The van der Waals surface area contributed by atoms with Crippen molar-refractivity contribution in [3.63, 3.8) is 0 Å². The Hall–Kier alpha value is -4.00. The molecule has 7 heteroatoms. The van der Waals surface area contributed by atoms with Crippen LogP contribution in [0.25, 0.3) is 5.95 Å². The van der Waals surface area contributed by atoms with E-state index in [2.05, 4.69) is 46.5 Å². The van der Waals surface area contributed by atoms with Gasteiger partial charge >= 0.3 is 0 Å². The van der Waals surface area contributed by atoms with Gasteiger partial charge < -0.3 is 10.1 Å². The summed E-state index contributed by atoms with van der Waals surface area (Å²) in [6.45, 7) is 8.38. The van der Waals surface area contributed by atoms with Crippen LogP contribution in [0.3, 0.4) is 0 Å². The van der Waals surface area contributed by atoms with Crippen LogP contribution in [-0.2, 0) is 11.4 Å². The topological polar surface area (TPSA) is 81.9 Å². The summed E-state index contributed by atoms with van der Waals surface area (Å²) in [5.74, 6) is 1.74. The standard InChI is InChI=1S/C27H27N5O2/c1-16-5-7-20(8-6-16)15-34-22-11-9-21(10-12-22)23-14-24(33)30-26-25(23)19(4)31-32(26)27-28-17(2)13-18(3)29-27/h5-13,23H,14-15H2,1-4H3,(H,30,33)/t23-/m0/s1. The fraction of sp³-hybridized carbons (Fsp3) is 0.259. The van der Waals surface area contributed by atoms with Crippen LogP contribution in [-0.4, -0.2) is 25.7 Å². The number of nitrogens with zero attached hydrogens (tertiary/aromatic N) is 4. The molecule has 5 rings (SSSR count). The van der Waals surface area contributed by atoms with Crippen LogP contribution in [0.4, 0.5) is 5.82 Å². The quantitative estimate of drug-likeness (QED) is 0.462. The number of aryl methyl sites for hydroxylation is 4. The highest BCUT2D eigenvalue weighted by Gasteiger charge is 2.33. The molecule has 0 spiro atoms. The SMILES string of the molecule is Cc1ccc(COc2ccc([C@@H]3CC(=O)Nc4c3c(C)nn4-c3nc(C)cc(C)n3)cc2)cc1. The first kappa shape index (κ1) is 21.8. The number of nitrogens with one attached hydrogen (secondary N) is 1. The lowest BCUT2D eigenvalue weighted by Crippen LogP contribution is -2.25. The van der Waals surface area contributed by atoms with Gasteiger partial charge in [-0.15, -0.1) is 0 Å². The minimum atomic E-state index is -0.102. The first-order valence-electron chi connectivity index (χ1n) is 11.4. The molecule has 2 aromatic carbocycles. The van der Waals surface area contributed by atoms with Gasteiger partial charge in [-0.1, -0.05) is 42.0 Å². The highest BCUT2D eigenvalue weighted by molar-refractivity contribution is 5.95. The van der Waals surface area contributed by atoms with Crippen LogP contribution in [0.2, 0.25) is 0 Å². The predicted molar refractivity (Wildman–Crippen MR) is 130 cm³/mol. The smallest absolute Gasteiger partial charge is 0.252 e. The van der Waals surface area contributed by atoms with Crippen LogP contribution in [0.5, 0.6) is 5.75 Å². The van der Waals surface area contributed by atoms with Crippen molar-refractivity contribution in [3.8, 4) is 11.7 Å². The van der Waals surface area contributed by atoms with Crippen LogP contribution in [0, 0.1) is 27.7 Å². The summed E-state index contributed by atoms with van der Waals surface area (Å²) in [5.41, 5.74) is 6.95. The maximum absolute atomic E-state index is 12.7. The summed E-state index contributed by atoms with van der Waals surface area (Å²) in [5, 5.41) is 7.69. The van der Waals surface area contributed by atoms with Crippen molar-refractivity contribution in [2.24, 2.45) is 0 Å². The molecule has 34 heavy (non-hydrogen) atoms. The number of benzene rings is 2. The minimum absolute atomic E-state index is 0.0530. The molecule has 0 bridgehead atoms. The van der Waals surface area contributed by atoms with Gasteiger partial charge in [-0.2, -0.15) is 9.78 Å². The number of anilines is 1. The first-order chi connectivity index (χ1) is 16.4. The molecule has 0 aliphatic carbocycles. The van der Waals surface area contributed by atoms with E-state index in [9.17, 15) is 4.79 Å². The van der Waals surface area contributed by atoms with Crippen molar-refractivity contribution in [1.82, 2.24) is 19.7 Å². The molecule has 1 aliphatic rings. The van der Waals surface area contributed by atoms with Crippen molar-refractivity contribution >= 4 is 11.7 Å². The van der Waals surface area contributed by atoms with Gasteiger partial charge in [0.15, 0.2) is 0 Å². The van der Waals surface area contributed by atoms with Gasteiger partial charge in [0.05, 0.1) is 5.69 Å². The van der Waals surface area contributed by atoms with E-state index < -0.39 is 0 Å². The molecule has 172 valence electrons. The van der Waals surface area contributed by atoms with Crippen molar-refractivity contribution in [2.75, 3.05) is 5.32 Å². The molecule has 1 N–H and O–H groups in total. The van der Waals surface area contributed by atoms with Crippen molar-refractivity contribution < 1.29 is 9.53 Å². The van der Waals surface area contributed by atoms with Gasteiger partial charge in [-0.25, -0.2) is 9.97 Å². The summed E-state index contributed by atoms with van der Waals surface area (Å²) in [4.78, 5) is 21.7. The van der Waals surface area contributed by atoms with Gasteiger partial charge in [-0.05, 0) is 57.0 Å². The Morgan fingerprint density at radius 2 is 1.65 bits per heavy atom. The molecule has 1 aliphatic heterocycles. The van der Waals surface area contributed by atoms with Gasteiger partial charge in [0.1, 0.15) is 18.2 Å². The van der Waals surface area contributed by atoms with E-state index in [-0.39, 0.29) is 11.8 Å². The third-order valence-electron chi connectivity index (χ3n) is 6.07. The summed E-state index contributed by atoms with van der Waals surface area (Å²) < 4.78 is 7.61. The van der Waals surface area contributed by atoms with Crippen LogP contribution >= 0.6 is 0 Å². The molecule has 0 saturated heterocycles. The van der Waals surface area contributed by atoms with Gasteiger partial charge in [-0.3, -0.25) is 4.79 Å². The maximum atomic E-state index is 12.7. The molecule has 0 saturated carbocycles. The average Bonchev–Trinajstić information content (AvgIpc) is 3.14. The van der Waals surface area contributed by atoms with Crippen molar-refractivity contribution in [2.45, 2.75) is 46.6 Å². The number of hydrogen-bond acceptors (Lipinski definition) is 5. The second-order valence-electron chi connectivity index (χ2n) is 8.86. The largest absolute Gasteiger partial charge is 0.489 e. The number of carbonyl (C=O) groups is 1. The number of carbonyl (C=O) groups excluding carboxylic acids is 1. The van der Waals surface area contributed by atoms with E-state index in [1.54, 1.807) is 4.68 Å². The Bertz CT molecular complexity index is 1340. The zero-order valence-electron chi connectivity index (χ0n) is 19.8. The number of hydrogen-bond donors (Lipinski definition) is 1. The van der Waals surface area contributed by atoms with Gasteiger partial charge in [0, 0.05) is 29.3 Å². The lowest BCUT2D eigenvalue weighted by molar-refractivity contribution is -0.116. The Morgan fingerprint density at radius 1 is 0.971 bits per heavy atom. The molecule has 3 heterocycles. The molecule has 1 atom stereocenters. The minimum Gasteiger partial charge on any atom is -0.489 e. The summed E-state index contributed by atoms with van der Waals surface area (Å²) >= 11 is 0. The van der Waals surface area contributed by atoms with E-state index in [0.717, 1.165) is 39.5 Å². The molecular formula is C27H27N5O2. The van der Waals surface area contributed by atoms with E-state index in [4.69, 9.17) is 9.84 Å². The van der Waals surface area contributed by atoms with E-state index in [1.165, 1.54) is 5.56 Å². The number of rotatable bonds is 5. The van der Waals surface area contributed by atoms with Crippen LogP contribution in [0.1, 0.15) is 51.7 Å². The molecule has 7 nitrogen and oxygen atoms in total. The zero-order valence-corrected chi connectivity index (χ0v) is 19.8. The second-order valence-corrected chi connectivity index (χ2v) is 8.86. The van der Waals surface area contributed by atoms with Crippen molar-refractivity contribution in [3.05, 3.63) is 93.9 Å². The Labute approximate surface area is 198 Å². The molecular weight excluding hydrogens is 426 g/mol. The van der Waals surface area contributed by atoms with Gasteiger partial charge in [0.2, 0.25) is 5.91 Å². The number of amides is 1. The van der Waals surface area contributed by atoms with Crippen molar-refractivity contribution in [1.29, 1.82) is 0 Å². The molecule has 4 aromatic rings. The Kier molecular flexibility index (Phi) is 5.61. The van der Waals surface area contributed by atoms with Crippen LogP contribution in [0.15, 0.2) is 54.6 Å². The number of ether oxygens (including phenoxy) is 1. The maximum Gasteiger partial charge on any atom is 0.252 e. The van der Waals surface area contributed by atoms with Crippen LogP contribution < -0.4 is 10.1 Å². The first-order valence-corrected chi connectivity index (χ1v) is 11.4. The number of fused-ring (bicyclic) bond motifs is 1. The predicted octanol–water partition coefficient (Wildman–Crippen LogP) is 4.95. The molecule has 0 fully saturated rings.